The highest BCUT2D eigenvalue weighted by molar-refractivity contribution is 5.44. The molecule has 0 radical (unpaired) electrons. The Kier molecular flexibility index (Phi) is 2.46. The Hall–Kier alpha value is -1.26. The molecule has 16 heavy (non-hydrogen) atoms. The fourth-order valence-electron chi connectivity index (χ4n) is 1.89. The summed E-state index contributed by atoms with van der Waals surface area (Å²) >= 11 is 0. The van der Waals surface area contributed by atoms with Gasteiger partial charge in [0, 0.05) is 5.56 Å². The normalized spacial score (nSPS) is 28.1. The van der Waals surface area contributed by atoms with Crippen molar-refractivity contribution < 1.29 is 18.9 Å². The third kappa shape index (κ3) is 1.74. The number of ether oxygens (including phenoxy) is 4. The summed E-state index contributed by atoms with van der Waals surface area (Å²) in [6.45, 7) is 3.09. The van der Waals surface area contributed by atoms with Crippen molar-refractivity contribution in [2.24, 2.45) is 0 Å². The van der Waals surface area contributed by atoms with Gasteiger partial charge in [-0.25, -0.2) is 0 Å². The van der Waals surface area contributed by atoms with Crippen molar-refractivity contribution in [2.75, 3.05) is 13.4 Å². The van der Waals surface area contributed by atoms with Gasteiger partial charge in [0.15, 0.2) is 17.8 Å². The summed E-state index contributed by atoms with van der Waals surface area (Å²) in [5, 5.41) is 0. The lowest BCUT2D eigenvalue weighted by molar-refractivity contribution is -0.212. The molecule has 2 aliphatic rings. The summed E-state index contributed by atoms with van der Waals surface area (Å²) in [4.78, 5) is 0. The summed E-state index contributed by atoms with van der Waals surface area (Å²) in [7, 11) is 0. The second kappa shape index (κ2) is 3.96. The molecular formula is C12H14O4. The molecule has 2 heterocycles. The third-order valence-electron chi connectivity index (χ3n) is 2.82. The summed E-state index contributed by atoms with van der Waals surface area (Å²) in [5.41, 5.74) is 0.982. The Morgan fingerprint density at radius 3 is 2.94 bits per heavy atom. The van der Waals surface area contributed by atoms with E-state index in [0.717, 1.165) is 30.1 Å². The average Bonchev–Trinajstić information content (AvgIpc) is 2.75. The Bertz CT molecular complexity index is 391. The van der Waals surface area contributed by atoms with E-state index in [1.807, 2.05) is 18.2 Å². The van der Waals surface area contributed by atoms with Gasteiger partial charge in [0.1, 0.15) is 0 Å². The predicted molar refractivity (Wildman–Crippen MR) is 56.4 cm³/mol. The first kappa shape index (κ1) is 9.93. The van der Waals surface area contributed by atoms with Crippen molar-refractivity contribution in [3.8, 4) is 11.5 Å². The van der Waals surface area contributed by atoms with Crippen LogP contribution in [0.2, 0.25) is 0 Å². The molecule has 0 N–H and O–H groups in total. The van der Waals surface area contributed by atoms with Gasteiger partial charge in [-0.15, -0.1) is 0 Å². The summed E-state index contributed by atoms with van der Waals surface area (Å²) < 4.78 is 21.9. The number of hydrogen-bond donors (Lipinski definition) is 0. The smallest absolute Gasteiger partial charge is 0.231 e. The minimum Gasteiger partial charge on any atom is -0.454 e. The second-order valence-corrected chi connectivity index (χ2v) is 4.05. The van der Waals surface area contributed by atoms with Gasteiger partial charge in [0.05, 0.1) is 12.7 Å². The number of benzene rings is 1. The Balaban J connectivity index is 1.83. The van der Waals surface area contributed by atoms with E-state index in [4.69, 9.17) is 18.9 Å². The highest BCUT2D eigenvalue weighted by Gasteiger charge is 2.23. The van der Waals surface area contributed by atoms with Crippen LogP contribution in [0, 0.1) is 0 Å². The van der Waals surface area contributed by atoms with Crippen LogP contribution in [0.15, 0.2) is 18.2 Å². The first-order chi connectivity index (χ1) is 7.83. The van der Waals surface area contributed by atoms with Gasteiger partial charge in [-0.1, -0.05) is 0 Å². The summed E-state index contributed by atoms with van der Waals surface area (Å²) in [6, 6.07) is 5.77. The monoisotopic (exact) mass is 222 g/mol. The molecule has 3 rings (SSSR count). The van der Waals surface area contributed by atoms with Gasteiger partial charge in [0.25, 0.3) is 0 Å². The second-order valence-electron chi connectivity index (χ2n) is 4.05. The van der Waals surface area contributed by atoms with E-state index >= 15 is 0 Å². The molecule has 4 nitrogen and oxygen atoms in total. The molecular weight excluding hydrogens is 208 g/mol. The standard InChI is InChI=1S/C12H14O4/c1-8-4-5-13-12(16-8)9-2-3-10-11(6-9)15-7-14-10/h2-3,6,8,12H,4-5,7H2,1H3/t8-,12+/m0/s1. The van der Waals surface area contributed by atoms with Crippen molar-refractivity contribution in [1.29, 1.82) is 0 Å². The van der Waals surface area contributed by atoms with Crippen molar-refractivity contribution >= 4 is 0 Å². The van der Waals surface area contributed by atoms with E-state index < -0.39 is 0 Å². The quantitative estimate of drug-likeness (QED) is 0.730. The lowest BCUT2D eigenvalue weighted by Gasteiger charge is -2.28. The van der Waals surface area contributed by atoms with Crippen LogP contribution >= 0.6 is 0 Å². The molecule has 0 amide bonds. The van der Waals surface area contributed by atoms with Crippen LogP contribution < -0.4 is 9.47 Å². The zero-order valence-electron chi connectivity index (χ0n) is 9.14. The highest BCUT2D eigenvalue weighted by Crippen LogP contribution is 2.36. The van der Waals surface area contributed by atoms with Gasteiger partial charge in [-0.3, -0.25) is 0 Å². The molecule has 0 spiro atoms. The number of rotatable bonds is 1. The van der Waals surface area contributed by atoms with Crippen molar-refractivity contribution in [2.45, 2.75) is 25.7 Å². The number of hydrogen-bond acceptors (Lipinski definition) is 4. The van der Waals surface area contributed by atoms with Crippen LogP contribution in [0.5, 0.6) is 11.5 Å². The van der Waals surface area contributed by atoms with Gasteiger partial charge in [-0.05, 0) is 31.5 Å². The van der Waals surface area contributed by atoms with Gasteiger partial charge in [0.2, 0.25) is 6.79 Å². The highest BCUT2D eigenvalue weighted by atomic mass is 16.7. The lowest BCUT2D eigenvalue weighted by atomic mass is 10.1. The van der Waals surface area contributed by atoms with Crippen LogP contribution in [0.4, 0.5) is 0 Å². The molecule has 86 valence electrons. The maximum Gasteiger partial charge on any atom is 0.231 e. The molecule has 1 aromatic carbocycles. The summed E-state index contributed by atoms with van der Waals surface area (Å²) in [6.07, 6.45) is 0.906. The first-order valence-electron chi connectivity index (χ1n) is 5.49. The molecule has 0 aliphatic carbocycles. The van der Waals surface area contributed by atoms with Crippen LogP contribution in [0.3, 0.4) is 0 Å². The predicted octanol–water partition coefficient (Wildman–Crippen LogP) is 2.24. The Labute approximate surface area is 94.1 Å². The van der Waals surface area contributed by atoms with E-state index in [1.54, 1.807) is 0 Å². The van der Waals surface area contributed by atoms with E-state index in [0.29, 0.717) is 6.79 Å². The zero-order chi connectivity index (χ0) is 11.0. The molecule has 0 saturated carbocycles. The van der Waals surface area contributed by atoms with E-state index in [9.17, 15) is 0 Å². The van der Waals surface area contributed by atoms with Crippen LogP contribution in [0.25, 0.3) is 0 Å². The van der Waals surface area contributed by atoms with Gasteiger partial charge in [-0.2, -0.15) is 0 Å². The van der Waals surface area contributed by atoms with Crippen molar-refractivity contribution in [3.05, 3.63) is 23.8 Å². The Morgan fingerprint density at radius 1 is 1.19 bits per heavy atom. The van der Waals surface area contributed by atoms with Crippen LogP contribution in [0.1, 0.15) is 25.2 Å². The first-order valence-corrected chi connectivity index (χ1v) is 5.49. The molecule has 0 aromatic heterocycles. The molecule has 0 bridgehead atoms. The molecule has 4 heteroatoms. The minimum absolute atomic E-state index is 0.240. The SMILES string of the molecule is C[C@H]1CCO[C@@H](c2ccc3c(c2)OCO3)O1. The average molecular weight is 222 g/mol. The molecule has 1 fully saturated rings. The molecule has 1 aromatic rings. The molecule has 2 aliphatic heterocycles. The molecule has 0 unspecified atom stereocenters. The van der Waals surface area contributed by atoms with E-state index in [2.05, 4.69) is 6.92 Å². The largest absolute Gasteiger partial charge is 0.454 e. The van der Waals surface area contributed by atoms with Gasteiger partial charge >= 0.3 is 0 Å². The fraction of sp³-hybridized carbons (Fsp3) is 0.500. The van der Waals surface area contributed by atoms with Crippen LogP contribution in [-0.2, 0) is 9.47 Å². The number of fused-ring (bicyclic) bond motifs is 1. The van der Waals surface area contributed by atoms with Crippen molar-refractivity contribution in [1.82, 2.24) is 0 Å². The maximum absolute atomic E-state index is 5.71. The Morgan fingerprint density at radius 2 is 2.06 bits per heavy atom. The van der Waals surface area contributed by atoms with Crippen molar-refractivity contribution in [3.63, 3.8) is 0 Å². The van der Waals surface area contributed by atoms with Gasteiger partial charge < -0.3 is 18.9 Å². The topological polar surface area (TPSA) is 36.9 Å². The van der Waals surface area contributed by atoms with E-state index in [1.165, 1.54) is 0 Å². The fourth-order valence-corrected chi connectivity index (χ4v) is 1.89. The maximum atomic E-state index is 5.71. The van der Waals surface area contributed by atoms with E-state index in [-0.39, 0.29) is 12.4 Å². The van der Waals surface area contributed by atoms with Crippen LogP contribution in [-0.4, -0.2) is 19.5 Å². The third-order valence-corrected chi connectivity index (χ3v) is 2.82. The zero-order valence-corrected chi connectivity index (χ0v) is 9.14. The lowest BCUT2D eigenvalue weighted by Crippen LogP contribution is -2.24. The summed E-state index contributed by atoms with van der Waals surface area (Å²) in [5.74, 6) is 1.55. The molecule has 1 saturated heterocycles. The minimum atomic E-state index is -0.279. The molecule has 2 atom stereocenters.